The Balaban J connectivity index is 1.63. The molecular weight excluding hydrogens is 616 g/mol. The van der Waals surface area contributed by atoms with Crippen molar-refractivity contribution in [3.05, 3.63) is 72.1 Å². The molecule has 0 aliphatic carbocycles. The molecule has 0 atom stereocenters. The van der Waals surface area contributed by atoms with E-state index in [0.29, 0.717) is 25.6 Å². The molecule has 0 unspecified atom stereocenters. The summed E-state index contributed by atoms with van der Waals surface area (Å²) in [6, 6.07) is 5.90. The zero-order valence-corrected chi connectivity index (χ0v) is 21.1. The summed E-state index contributed by atoms with van der Waals surface area (Å²) in [5.41, 5.74) is -0.576. The van der Waals surface area contributed by atoms with Crippen LogP contribution in [0.25, 0.3) is 5.65 Å². The predicted octanol–water partition coefficient (Wildman–Crippen LogP) is 6.39. The number of hydrogen-bond acceptors (Lipinski definition) is 4. The maximum absolute atomic E-state index is 13.4. The number of hydrogen-bond donors (Lipinski definition) is 1. The normalized spacial score (nSPS) is 11.9. The molecule has 33 heavy (non-hydrogen) atoms. The minimum atomic E-state index is -4.68. The number of nitrogens with zero attached hydrogens (tertiary/aromatic N) is 5. The molecule has 0 radical (unpaired) electrons. The van der Waals surface area contributed by atoms with Crippen LogP contribution in [0.1, 0.15) is 27.4 Å². The van der Waals surface area contributed by atoms with Gasteiger partial charge in [0.1, 0.15) is 5.69 Å². The summed E-state index contributed by atoms with van der Waals surface area (Å²) < 4.78 is 42.9. The summed E-state index contributed by atoms with van der Waals surface area (Å²) in [6.45, 7) is 1.71. The van der Waals surface area contributed by atoms with Gasteiger partial charge < -0.3 is 5.32 Å². The molecule has 0 aliphatic heterocycles. The summed E-state index contributed by atoms with van der Waals surface area (Å²) in [5, 5.41) is 11.6. The third-order valence-electron chi connectivity index (χ3n) is 4.46. The Hall–Kier alpha value is -2.15. The number of anilines is 1. The second-order valence-corrected chi connectivity index (χ2v) is 9.38. The van der Waals surface area contributed by atoms with Crippen LogP contribution in [-0.4, -0.2) is 30.3 Å². The highest BCUT2D eigenvalue weighted by Gasteiger charge is 2.36. The molecule has 4 aromatic rings. The Bertz CT molecular complexity index is 1400. The van der Waals surface area contributed by atoms with E-state index < -0.39 is 17.8 Å². The molecular formula is C19H11Br2Cl2F3N6O. The van der Waals surface area contributed by atoms with E-state index in [-0.39, 0.29) is 27.3 Å². The number of nitrogens with one attached hydrogen (secondary N) is 1. The first-order valence-electron chi connectivity index (χ1n) is 9.05. The minimum absolute atomic E-state index is 0.0256. The van der Waals surface area contributed by atoms with Gasteiger partial charge in [-0.15, -0.1) is 0 Å². The van der Waals surface area contributed by atoms with Gasteiger partial charge in [-0.1, -0.05) is 29.3 Å². The van der Waals surface area contributed by atoms with Crippen molar-refractivity contribution < 1.29 is 18.0 Å². The third kappa shape index (κ3) is 4.88. The van der Waals surface area contributed by atoms with Gasteiger partial charge in [-0.2, -0.15) is 23.4 Å². The van der Waals surface area contributed by atoms with E-state index in [1.165, 1.54) is 11.6 Å². The molecule has 7 nitrogen and oxygen atoms in total. The quantitative estimate of drug-likeness (QED) is 0.285. The van der Waals surface area contributed by atoms with Crippen molar-refractivity contribution in [2.24, 2.45) is 0 Å². The number of aryl methyl sites for hydroxylation is 1. The van der Waals surface area contributed by atoms with E-state index in [2.05, 4.69) is 52.4 Å². The highest BCUT2D eigenvalue weighted by Crippen LogP contribution is 2.33. The van der Waals surface area contributed by atoms with Crippen LogP contribution in [0, 0.1) is 6.92 Å². The second kappa shape index (κ2) is 8.90. The van der Waals surface area contributed by atoms with Gasteiger partial charge in [-0.3, -0.25) is 9.48 Å². The molecule has 4 rings (SSSR count). The third-order valence-corrected chi connectivity index (χ3v) is 6.36. The molecule has 1 N–H and O–H groups in total. The number of benzene rings is 1. The van der Waals surface area contributed by atoms with Gasteiger partial charge in [0.15, 0.2) is 17.2 Å². The Labute approximate surface area is 211 Å². The molecule has 0 saturated heterocycles. The average molecular weight is 627 g/mol. The number of halogens is 7. The number of alkyl halides is 3. The fourth-order valence-corrected chi connectivity index (χ4v) is 4.41. The predicted molar refractivity (Wildman–Crippen MR) is 124 cm³/mol. The Morgan fingerprint density at radius 2 is 1.91 bits per heavy atom. The van der Waals surface area contributed by atoms with Crippen LogP contribution in [0.2, 0.25) is 10.0 Å². The van der Waals surface area contributed by atoms with Gasteiger partial charge >= 0.3 is 6.18 Å². The van der Waals surface area contributed by atoms with Gasteiger partial charge in [-0.05, 0) is 62.5 Å². The number of carbonyl (C=O) groups is 1. The molecule has 0 aliphatic rings. The Kier molecular flexibility index (Phi) is 6.47. The molecule has 0 bridgehead atoms. The Morgan fingerprint density at radius 3 is 2.58 bits per heavy atom. The Morgan fingerprint density at radius 1 is 1.18 bits per heavy atom. The van der Waals surface area contributed by atoms with Crippen molar-refractivity contribution in [3.63, 3.8) is 0 Å². The first kappa shape index (κ1) is 24.0. The van der Waals surface area contributed by atoms with Gasteiger partial charge in [0.25, 0.3) is 5.91 Å². The number of amides is 1. The molecule has 1 aromatic carbocycles. The van der Waals surface area contributed by atoms with E-state index in [1.54, 1.807) is 24.4 Å². The van der Waals surface area contributed by atoms with Crippen LogP contribution in [-0.2, 0) is 12.7 Å². The van der Waals surface area contributed by atoms with Crippen LogP contribution in [0.15, 0.2) is 39.4 Å². The highest BCUT2D eigenvalue weighted by molar-refractivity contribution is 9.11. The van der Waals surface area contributed by atoms with E-state index >= 15 is 0 Å². The monoisotopic (exact) mass is 624 g/mol. The molecule has 3 heterocycles. The van der Waals surface area contributed by atoms with Crippen molar-refractivity contribution in [2.75, 3.05) is 5.32 Å². The zero-order chi connectivity index (χ0) is 24.1. The number of aromatic nitrogens is 5. The van der Waals surface area contributed by atoms with Crippen LogP contribution >= 0.6 is 55.1 Å². The summed E-state index contributed by atoms with van der Waals surface area (Å²) in [5.74, 6) is -0.622. The summed E-state index contributed by atoms with van der Waals surface area (Å²) in [7, 11) is 0. The number of fused-ring (bicyclic) bond motifs is 1. The van der Waals surface area contributed by atoms with E-state index in [1.807, 2.05) is 0 Å². The fraction of sp³-hybridized carbons (Fsp3) is 0.158. The minimum Gasteiger partial charge on any atom is -0.303 e. The fourth-order valence-electron chi connectivity index (χ4n) is 3.01. The lowest BCUT2D eigenvalue weighted by Crippen LogP contribution is -2.16. The van der Waals surface area contributed by atoms with Crippen LogP contribution in [0.5, 0.6) is 0 Å². The summed E-state index contributed by atoms with van der Waals surface area (Å²) in [4.78, 5) is 16.9. The van der Waals surface area contributed by atoms with Crippen molar-refractivity contribution in [3.8, 4) is 0 Å². The molecule has 0 saturated carbocycles. The molecule has 1 amide bonds. The van der Waals surface area contributed by atoms with E-state index in [4.69, 9.17) is 23.2 Å². The van der Waals surface area contributed by atoms with E-state index in [0.717, 1.165) is 11.6 Å². The molecule has 0 spiro atoms. The number of rotatable bonds is 4. The zero-order valence-electron chi connectivity index (χ0n) is 16.4. The van der Waals surface area contributed by atoms with Crippen LogP contribution in [0.3, 0.4) is 0 Å². The van der Waals surface area contributed by atoms with Gasteiger partial charge in [-0.25, -0.2) is 9.50 Å². The van der Waals surface area contributed by atoms with Crippen molar-refractivity contribution >= 4 is 72.4 Å². The topological polar surface area (TPSA) is 77.1 Å². The van der Waals surface area contributed by atoms with Crippen LogP contribution in [0.4, 0.5) is 19.0 Å². The molecule has 0 fully saturated rings. The van der Waals surface area contributed by atoms with Gasteiger partial charge in [0.2, 0.25) is 0 Å². The van der Waals surface area contributed by atoms with Crippen molar-refractivity contribution in [1.29, 1.82) is 0 Å². The largest absolute Gasteiger partial charge is 0.433 e. The highest BCUT2D eigenvalue weighted by atomic mass is 79.9. The summed E-state index contributed by atoms with van der Waals surface area (Å²) in [6.07, 6.45) is -3.07. The van der Waals surface area contributed by atoms with E-state index in [9.17, 15) is 18.0 Å². The molecule has 14 heteroatoms. The summed E-state index contributed by atoms with van der Waals surface area (Å²) >= 11 is 18.6. The first-order valence-corrected chi connectivity index (χ1v) is 11.4. The van der Waals surface area contributed by atoms with Gasteiger partial charge in [0, 0.05) is 21.9 Å². The van der Waals surface area contributed by atoms with Crippen molar-refractivity contribution in [2.45, 2.75) is 19.6 Å². The van der Waals surface area contributed by atoms with Crippen LogP contribution < -0.4 is 5.32 Å². The smallest absolute Gasteiger partial charge is 0.303 e. The lowest BCUT2D eigenvalue weighted by atomic mass is 10.2. The lowest BCUT2D eigenvalue weighted by molar-refractivity contribution is -0.142. The average Bonchev–Trinajstić information content (AvgIpc) is 3.22. The lowest BCUT2D eigenvalue weighted by Gasteiger charge is -2.09. The molecule has 3 aromatic heterocycles. The molecule has 172 valence electrons. The number of carbonyl (C=O) groups excluding carboxylic acids is 1. The first-order chi connectivity index (χ1) is 15.4. The van der Waals surface area contributed by atoms with Gasteiger partial charge in [0.05, 0.1) is 15.5 Å². The second-order valence-electron chi connectivity index (χ2n) is 6.89. The van der Waals surface area contributed by atoms with Crippen molar-refractivity contribution in [1.82, 2.24) is 24.4 Å². The maximum atomic E-state index is 13.4. The standard InChI is InChI=1S/C19H11Br2Cl2F3N6O/c1-8-4-13(19(24,25)26)32-17(27-8)14(21)15(29-32)18(33)28-16-11(20)7-31(30-16)6-9-2-3-10(22)5-12(9)23/h2-5,7H,6H2,1H3,(H,28,30,33). The SMILES string of the molecule is Cc1cc(C(F)(F)F)n2nc(C(=O)Nc3nn(Cc4ccc(Cl)cc4Cl)cc3Br)c(Br)c2n1. The maximum Gasteiger partial charge on any atom is 0.433 e.